The van der Waals surface area contributed by atoms with Gasteiger partial charge in [-0.25, -0.2) is 0 Å². The van der Waals surface area contributed by atoms with Gasteiger partial charge in [-0.05, 0) is 43.4 Å². The zero-order chi connectivity index (χ0) is 17.9. The number of rotatable bonds is 8. The second kappa shape index (κ2) is 12.8. The fraction of sp³-hybridized carbons (Fsp3) is 0.476. The maximum absolute atomic E-state index is 5.79. The van der Waals surface area contributed by atoms with E-state index in [2.05, 4.69) is 34.9 Å². The largest absolute Gasteiger partial charge is 0.469 e. The van der Waals surface area contributed by atoms with Crippen LogP contribution in [0.4, 0.5) is 0 Å². The molecule has 5 nitrogen and oxygen atoms in total. The maximum Gasteiger partial charge on any atom is 0.191 e. The van der Waals surface area contributed by atoms with Crippen LogP contribution in [0.3, 0.4) is 0 Å². The van der Waals surface area contributed by atoms with Gasteiger partial charge in [0.25, 0.3) is 0 Å². The Morgan fingerprint density at radius 2 is 1.81 bits per heavy atom. The lowest BCUT2D eigenvalue weighted by molar-refractivity contribution is 0.0224. The fourth-order valence-corrected chi connectivity index (χ4v) is 3.05. The maximum atomic E-state index is 5.79. The molecule has 0 saturated carbocycles. The van der Waals surface area contributed by atoms with Crippen molar-refractivity contribution in [3.05, 3.63) is 60.1 Å². The predicted molar refractivity (Wildman–Crippen MR) is 120 cm³/mol. The Morgan fingerprint density at radius 1 is 1.00 bits per heavy atom. The van der Waals surface area contributed by atoms with Gasteiger partial charge in [-0.3, -0.25) is 4.99 Å². The van der Waals surface area contributed by atoms with E-state index < -0.39 is 0 Å². The van der Waals surface area contributed by atoms with E-state index in [0.29, 0.717) is 6.54 Å². The summed E-state index contributed by atoms with van der Waals surface area (Å²) in [5.74, 6) is 1.83. The summed E-state index contributed by atoms with van der Waals surface area (Å²) in [5, 5.41) is 6.85. The number of nitrogens with zero attached hydrogens (tertiary/aromatic N) is 1. The van der Waals surface area contributed by atoms with Gasteiger partial charge in [0.05, 0.1) is 18.9 Å². The summed E-state index contributed by atoms with van der Waals surface area (Å²) < 4.78 is 11.2. The summed E-state index contributed by atoms with van der Waals surface area (Å²) in [7, 11) is 0. The Labute approximate surface area is 179 Å². The number of halogens is 1. The first-order valence-electron chi connectivity index (χ1n) is 9.60. The average Bonchev–Trinajstić information content (AvgIpc) is 3.21. The van der Waals surface area contributed by atoms with E-state index in [1.54, 1.807) is 6.26 Å². The number of guanidine groups is 1. The Hall–Kier alpha value is -1.54. The molecule has 0 spiro atoms. The van der Waals surface area contributed by atoms with E-state index in [1.807, 2.05) is 18.2 Å². The van der Waals surface area contributed by atoms with Crippen LogP contribution in [0, 0.1) is 0 Å². The first-order valence-corrected chi connectivity index (χ1v) is 9.60. The second-order valence-corrected chi connectivity index (χ2v) is 6.60. The zero-order valence-electron chi connectivity index (χ0n) is 15.7. The molecule has 148 valence electrons. The van der Waals surface area contributed by atoms with Gasteiger partial charge < -0.3 is 19.8 Å². The lowest BCUT2D eigenvalue weighted by atomic mass is 10.1. The molecule has 1 aliphatic heterocycles. The fourth-order valence-electron chi connectivity index (χ4n) is 3.05. The van der Waals surface area contributed by atoms with Crippen molar-refractivity contribution in [3.63, 3.8) is 0 Å². The van der Waals surface area contributed by atoms with Gasteiger partial charge in [0.15, 0.2) is 5.96 Å². The highest BCUT2D eigenvalue weighted by atomic mass is 127. The van der Waals surface area contributed by atoms with E-state index >= 15 is 0 Å². The molecule has 1 aliphatic rings. The molecule has 27 heavy (non-hydrogen) atoms. The topological polar surface area (TPSA) is 58.8 Å². The molecule has 2 N–H and O–H groups in total. The van der Waals surface area contributed by atoms with Crippen molar-refractivity contribution in [2.24, 2.45) is 4.99 Å². The van der Waals surface area contributed by atoms with Crippen LogP contribution in [0.25, 0.3) is 0 Å². The van der Waals surface area contributed by atoms with Crippen LogP contribution in [0.5, 0.6) is 0 Å². The summed E-state index contributed by atoms with van der Waals surface area (Å²) in [6.07, 6.45) is 7.29. The first kappa shape index (κ1) is 21.8. The van der Waals surface area contributed by atoms with Crippen molar-refractivity contribution >= 4 is 29.9 Å². The molecule has 1 aromatic heterocycles. The van der Waals surface area contributed by atoms with Gasteiger partial charge in [0.1, 0.15) is 5.76 Å². The van der Waals surface area contributed by atoms with Gasteiger partial charge in [0.2, 0.25) is 0 Å². The Balaban J connectivity index is 0.00000261. The second-order valence-electron chi connectivity index (χ2n) is 6.60. The minimum absolute atomic E-state index is 0. The molecular formula is C21H30IN3O2. The van der Waals surface area contributed by atoms with Crippen LogP contribution in [-0.4, -0.2) is 38.3 Å². The minimum Gasteiger partial charge on any atom is -0.469 e. The van der Waals surface area contributed by atoms with Crippen LogP contribution in [0.2, 0.25) is 0 Å². The molecule has 0 amide bonds. The number of benzene rings is 1. The number of hydrogen-bond donors (Lipinski definition) is 2. The molecule has 1 unspecified atom stereocenters. The van der Waals surface area contributed by atoms with Crippen LogP contribution in [0.15, 0.2) is 58.1 Å². The third-order valence-electron chi connectivity index (χ3n) is 4.52. The highest BCUT2D eigenvalue weighted by molar-refractivity contribution is 14.0. The van der Waals surface area contributed by atoms with E-state index in [-0.39, 0.29) is 30.1 Å². The molecule has 1 fully saturated rings. The average molecular weight is 483 g/mol. The molecule has 1 aromatic carbocycles. The highest BCUT2D eigenvalue weighted by Crippen LogP contribution is 2.12. The summed E-state index contributed by atoms with van der Waals surface area (Å²) in [4.78, 5) is 4.74. The van der Waals surface area contributed by atoms with Crippen LogP contribution in [0.1, 0.15) is 30.6 Å². The van der Waals surface area contributed by atoms with Crippen LogP contribution >= 0.6 is 24.0 Å². The molecular weight excluding hydrogens is 453 g/mol. The van der Waals surface area contributed by atoms with Gasteiger partial charge in [-0.1, -0.05) is 30.3 Å². The molecule has 1 saturated heterocycles. The Bertz CT molecular complexity index is 641. The lowest BCUT2D eigenvalue weighted by Crippen LogP contribution is -2.40. The Morgan fingerprint density at radius 3 is 2.52 bits per heavy atom. The van der Waals surface area contributed by atoms with Gasteiger partial charge in [0, 0.05) is 26.1 Å². The van der Waals surface area contributed by atoms with Crippen molar-refractivity contribution in [3.8, 4) is 0 Å². The predicted octanol–water partition coefficient (Wildman–Crippen LogP) is 3.79. The number of hydrogen-bond acceptors (Lipinski definition) is 3. The van der Waals surface area contributed by atoms with Crippen molar-refractivity contribution in [1.82, 2.24) is 10.6 Å². The van der Waals surface area contributed by atoms with E-state index in [0.717, 1.165) is 50.7 Å². The molecule has 0 aliphatic carbocycles. The highest BCUT2D eigenvalue weighted by Gasteiger charge is 2.13. The molecule has 6 heteroatoms. The number of nitrogens with one attached hydrogen (secondary N) is 2. The molecule has 3 rings (SSSR count). The van der Waals surface area contributed by atoms with Crippen molar-refractivity contribution in [2.45, 2.75) is 38.2 Å². The molecule has 1 atom stereocenters. The molecule has 2 aromatic rings. The van der Waals surface area contributed by atoms with Gasteiger partial charge in [-0.15, -0.1) is 24.0 Å². The number of ether oxygens (including phenoxy) is 1. The third kappa shape index (κ3) is 8.34. The summed E-state index contributed by atoms with van der Waals surface area (Å²) in [6, 6.07) is 14.4. The minimum atomic E-state index is 0. The monoisotopic (exact) mass is 483 g/mol. The summed E-state index contributed by atoms with van der Waals surface area (Å²) in [5.41, 5.74) is 1.32. The summed E-state index contributed by atoms with van der Waals surface area (Å²) >= 11 is 0. The van der Waals surface area contributed by atoms with Gasteiger partial charge >= 0.3 is 0 Å². The standard InChI is InChI=1S/C21H29N3O2.HI/c1-2-7-18(8-3-1)11-13-22-21(23-14-12-19-10-6-16-25-19)24-17-20-9-4-5-15-26-20;/h1-3,6-8,10,16,20H,4-5,9,11-15,17H2,(H2,22,23,24);1H. The van der Waals surface area contributed by atoms with Crippen molar-refractivity contribution in [2.75, 3.05) is 26.2 Å². The summed E-state index contributed by atoms with van der Waals surface area (Å²) in [6.45, 7) is 3.21. The first-order chi connectivity index (χ1) is 12.9. The molecule has 0 bridgehead atoms. The van der Waals surface area contributed by atoms with Gasteiger partial charge in [-0.2, -0.15) is 0 Å². The molecule has 2 heterocycles. The third-order valence-corrected chi connectivity index (χ3v) is 4.52. The van der Waals surface area contributed by atoms with E-state index in [1.165, 1.54) is 18.4 Å². The number of aliphatic imine (C=N–C) groups is 1. The van der Waals surface area contributed by atoms with E-state index in [9.17, 15) is 0 Å². The molecule has 0 radical (unpaired) electrons. The SMILES string of the molecule is I.c1ccc(CCNC(=NCC2CCCCO2)NCCc2ccco2)cc1. The Kier molecular flexibility index (Phi) is 10.3. The quantitative estimate of drug-likeness (QED) is 0.341. The normalized spacial score (nSPS) is 17.2. The lowest BCUT2D eigenvalue weighted by Gasteiger charge is -2.21. The smallest absolute Gasteiger partial charge is 0.191 e. The number of furan rings is 1. The van der Waals surface area contributed by atoms with Crippen molar-refractivity contribution in [1.29, 1.82) is 0 Å². The van der Waals surface area contributed by atoms with Crippen LogP contribution in [-0.2, 0) is 17.6 Å². The van der Waals surface area contributed by atoms with E-state index in [4.69, 9.17) is 14.1 Å². The zero-order valence-corrected chi connectivity index (χ0v) is 18.1. The van der Waals surface area contributed by atoms with Crippen LogP contribution < -0.4 is 10.6 Å². The van der Waals surface area contributed by atoms with Crippen molar-refractivity contribution < 1.29 is 9.15 Å².